The van der Waals surface area contributed by atoms with Crippen molar-refractivity contribution < 1.29 is 19.2 Å². The molecule has 2 saturated carbocycles. The smallest absolute Gasteiger partial charge is 0.322 e. The molecule has 0 bridgehead atoms. The predicted molar refractivity (Wildman–Crippen MR) is 158 cm³/mol. The van der Waals surface area contributed by atoms with E-state index in [1.54, 1.807) is 18.2 Å². The molecular formula is C35H36N2O4. The molecule has 210 valence electrons. The Balaban J connectivity index is 1.30. The maximum Gasteiger partial charge on any atom is 0.322 e. The fourth-order valence-corrected chi connectivity index (χ4v) is 7.02. The summed E-state index contributed by atoms with van der Waals surface area (Å²) in [5.41, 5.74) is 4.54. The highest BCUT2D eigenvalue weighted by atomic mass is 16.2. The second-order valence-corrected chi connectivity index (χ2v) is 11.7. The average Bonchev–Trinajstić information content (AvgIpc) is 3.34. The number of carbonyl (C=O) groups is 4. The first-order valence-electron chi connectivity index (χ1n) is 15.0. The van der Waals surface area contributed by atoms with E-state index in [0.717, 1.165) is 86.5 Å². The van der Waals surface area contributed by atoms with Crippen molar-refractivity contribution in [1.82, 2.24) is 10.6 Å². The van der Waals surface area contributed by atoms with Gasteiger partial charge in [-0.05, 0) is 47.9 Å². The summed E-state index contributed by atoms with van der Waals surface area (Å²) in [6.45, 7) is 0. The lowest BCUT2D eigenvalue weighted by Gasteiger charge is -2.24. The van der Waals surface area contributed by atoms with Crippen molar-refractivity contribution in [2.45, 2.75) is 70.3 Å². The zero-order valence-corrected chi connectivity index (χ0v) is 23.3. The third-order valence-electron chi connectivity index (χ3n) is 9.11. The van der Waals surface area contributed by atoms with Crippen LogP contribution in [-0.2, 0) is 0 Å². The minimum absolute atomic E-state index is 0.0426. The Morgan fingerprint density at radius 2 is 1.02 bits per heavy atom. The first-order valence-corrected chi connectivity index (χ1v) is 15.0. The summed E-state index contributed by atoms with van der Waals surface area (Å²) in [6, 6.07) is 19.7. The van der Waals surface area contributed by atoms with Gasteiger partial charge in [-0.15, -0.1) is 0 Å². The maximum absolute atomic E-state index is 13.9. The van der Waals surface area contributed by atoms with Crippen LogP contribution in [0.5, 0.6) is 0 Å². The topological polar surface area (TPSA) is 92.3 Å². The molecule has 6 nitrogen and oxygen atoms in total. The molecule has 6 rings (SSSR count). The minimum Gasteiger partial charge on any atom is -0.327 e. The molecule has 3 aromatic carbocycles. The van der Waals surface area contributed by atoms with Gasteiger partial charge in [0.1, 0.15) is 0 Å². The summed E-state index contributed by atoms with van der Waals surface area (Å²) >= 11 is 0. The van der Waals surface area contributed by atoms with Crippen molar-refractivity contribution in [1.29, 1.82) is 0 Å². The first kappa shape index (κ1) is 27.1. The summed E-state index contributed by atoms with van der Waals surface area (Å²) in [6.07, 6.45) is 9.23. The molecule has 0 unspecified atom stereocenters. The van der Waals surface area contributed by atoms with Crippen molar-refractivity contribution in [2.24, 2.45) is 11.8 Å². The van der Waals surface area contributed by atoms with Gasteiger partial charge in [-0.3, -0.25) is 19.7 Å². The van der Waals surface area contributed by atoms with Gasteiger partial charge in [0.2, 0.25) is 0 Å². The van der Waals surface area contributed by atoms with Crippen molar-refractivity contribution in [3.05, 3.63) is 94.5 Å². The largest absolute Gasteiger partial charge is 0.327 e. The van der Waals surface area contributed by atoms with Gasteiger partial charge in [-0.1, -0.05) is 105 Å². The van der Waals surface area contributed by atoms with Crippen LogP contribution in [0.3, 0.4) is 0 Å². The molecule has 0 saturated heterocycles. The van der Waals surface area contributed by atoms with E-state index >= 15 is 0 Å². The molecule has 0 heterocycles. The fraction of sp³-hybridized carbons (Fsp3) is 0.371. The molecule has 2 fully saturated rings. The molecule has 0 aliphatic heterocycles. The second-order valence-electron chi connectivity index (χ2n) is 11.7. The van der Waals surface area contributed by atoms with Crippen LogP contribution >= 0.6 is 0 Å². The average molecular weight is 549 g/mol. The van der Waals surface area contributed by atoms with E-state index in [4.69, 9.17) is 0 Å². The Hall–Kier alpha value is -4.06. The monoisotopic (exact) mass is 548 g/mol. The number of carbonyl (C=O) groups excluding carboxylic acids is 4. The molecule has 0 atom stereocenters. The Morgan fingerprint density at radius 1 is 0.561 bits per heavy atom. The van der Waals surface area contributed by atoms with Gasteiger partial charge >= 0.3 is 6.03 Å². The SMILES string of the molecule is O=C(NC(=O)c1c(C(=O)C2CCCCC2)cccc1C(=O)C1CCCCC1)NC1c2ccccc2-c2ccccc21. The summed E-state index contributed by atoms with van der Waals surface area (Å²) in [5, 5.41) is 5.46. The van der Waals surface area contributed by atoms with Crippen LogP contribution in [0, 0.1) is 11.8 Å². The van der Waals surface area contributed by atoms with Crippen LogP contribution in [0.2, 0.25) is 0 Å². The zero-order valence-electron chi connectivity index (χ0n) is 23.3. The third-order valence-corrected chi connectivity index (χ3v) is 9.11. The Morgan fingerprint density at radius 3 is 1.51 bits per heavy atom. The van der Waals surface area contributed by atoms with Crippen LogP contribution in [0.1, 0.15) is 112 Å². The van der Waals surface area contributed by atoms with Gasteiger partial charge in [-0.25, -0.2) is 4.79 Å². The van der Waals surface area contributed by atoms with Gasteiger partial charge in [0.15, 0.2) is 11.6 Å². The molecule has 3 aromatic rings. The van der Waals surface area contributed by atoms with Crippen molar-refractivity contribution in [3.63, 3.8) is 0 Å². The lowest BCUT2D eigenvalue weighted by Crippen LogP contribution is -2.42. The summed E-state index contributed by atoms with van der Waals surface area (Å²) < 4.78 is 0. The lowest BCUT2D eigenvalue weighted by molar-refractivity contribution is 0.0864. The van der Waals surface area contributed by atoms with E-state index in [2.05, 4.69) is 10.6 Å². The number of amides is 3. The third kappa shape index (κ3) is 5.35. The van der Waals surface area contributed by atoms with E-state index in [0.29, 0.717) is 0 Å². The van der Waals surface area contributed by atoms with Crippen molar-refractivity contribution >= 4 is 23.5 Å². The number of imide groups is 1. The van der Waals surface area contributed by atoms with Crippen molar-refractivity contribution in [3.8, 4) is 11.1 Å². The summed E-state index contributed by atoms with van der Waals surface area (Å²) in [7, 11) is 0. The number of ketones is 2. The number of nitrogens with one attached hydrogen (secondary N) is 2. The van der Waals surface area contributed by atoms with Crippen molar-refractivity contribution in [2.75, 3.05) is 0 Å². The number of rotatable bonds is 6. The molecule has 3 amide bonds. The highest BCUT2D eigenvalue weighted by Crippen LogP contribution is 2.43. The van der Waals surface area contributed by atoms with Gasteiger partial charge in [0, 0.05) is 23.0 Å². The minimum atomic E-state index is -0.707. The number of fused-ring (bicyclic) bond motifs is 3. The molecule has 0 aromatic heterocycles. The molecule has 3 aliphatic carbocycles. The molecule has 0 radical (unpaired) electrons. The van der Waals surface area contributed by atoms with E-state index in [-0.39, 0.29) is 40.1 Å². The van der Waals surface area contributed by atoms with Crippen LogP contribution in [0.15, 0.2) is 66.7 Å². The highest BCUT2D eigenvalue weighted by molar-refractivity contribution is 6.18. The lowest BCUT2D eigenvalue weighted by atomic mass is 9.79. The normalized spacial score (nSPS) is 17.4. The highest BCUT2D eigenvalue weighted by Gasteiger charge is 2.34. The molecule has 41 heavy (non-hydrogen) atoms. The molecule has 6 heteroatoms. The Bertz CT molecular complexity index is 1400. The number of hydrogen-bond donors (Lipinski definition) is 2. The zero-order chi connectivity index (χ0) is 28.3. The molecule has 2 N–H and O–H groups in total. The number of benzene rings is 3. The molecule has 0 spiro atoms. The van der Waals surface area contributed by atoms with Crippen LogP contribution in [0.4, 0.5) is 4.79 Å². The number of hydrogen-bond acceptors (Lipinski definition) is 4. The van der Waals surface area contributed by atoms with E-state index in [1.807, 2.05) is 48.5 Å². The van der Waals surface area contributed by atoms with Crippen LogP contribution < -0.4 is 10.6 Å². The number of Topliss-reactive ketones (excluding diaryl/α,β-unsaturated/α-hetero) is 2. The number of urea groups is 1. The van der Waals surface area contributed by atoms with E-state index in [1.165, 1.54) is 0 Å². The predicted octanol–water partition coefficient (Wildman–Crippen LogP) is 7.42. The second kappa shape index (κ2) is 11.8. The Kier molecular flexibility index (Phi) is 7.82. The quantitative estimate of drug-likeness (QED) is 0.314. The van der Waals surface area contributed by atoms with Gasteiger partial charge in [0.05, 0.1) is 11.6 Å². The van der Waals surface area contributed by atoms with E-state index in [9.17, 15) is 19.2 Å². The van der Waals surface area contributed by atoms with E-state index < -0.39 is 18.0 Å². The van der Waals surface area contributed by atoms with Gasteiger partial charge < -0.3 is 5.32 Å². The van der Waals surface area contributed by atoms with Gasteiger partial charge in [0.25, 0.3) is 5.91 Å². The first-order chi connectivity index (χ1) is 20.0. The summed E-state index contributed by atoms with van der Waals surface area (Å²) in [4.78, 5) is 54.7. The fourth-order valence-electron chi connectivity index (χ4n) is 7.02. The van der Waals surface area contributed by atoms with Gasteiger partial charge in [-0.2, -0.15) is 0 Å². The molecule has 3 aliphatic rings. The standard InChI is InChI=1S/C35H36N2O4/c38-32(22-12-3-1-4-13-22)28-20-11-21-29(33(39)23-14-5-2-6-15-23)30(28)34(40)37-35(41)36-31-26-18-9-7-16-24(26)25-17-8-10-19-27(25)31/h7-11,16-23,31H,1-6,12-15H2,(H2,36,37,40,41). The van der Waals surface area contributed by atoms with Crippen LogP contribution in [0.25, 0.3) is 11.1 Å². The summed E-state index contributed by atoms with van der Waals surface area (Å²) in [5.74, 6) is -1.26. The molecular weight excluding hydrogens is 512 g/mol. The Labute approximate surface area is 240 Å². The maximum atomic E-state index is 13.9. The van der Waals surface area contributed by atoms with Crippen LogP contribution in [-0.4, -0.2) is 23.5 Å².